The lowest BCUT2D eigenvalue weighted by Crippen LogP contribution is -2.08. The molecule has 0 aliphatic carbocycles. The molecule has 0 saturated carbocycles. The average Bonchev–Trinajstić information content (AvgIpc) is 2.12. The zero-order valence-corrected chi connectivity index (χ0v) is 7.91. The van der Waals surface area contributed by atoms with Crippen molar-refractivity contribution in [3.63, 3.8) is 0 Å². The highest BCUT2D eigenvalue weighted by Crippen LogP contribution is 1.97. The fourth-order valence-electron chi connectivity index (χ4n) is 0.487. The van der Waals surface area contributed by atoms with Gasteiger partial charge >= 0.3 is 5.97 Å². The van der Waals surface area contributed by atoms with Crippen LogP contribution in [0.2, 0.25) is 0 Å². The van der Waals surface area contributed by atoms with Gasteiger partial charge in [-0.15, -0.1) is 0 Å². The summed E-state index contributed by atoms with van der Waals surface area (Å²) in [5, 5.41) is 0. The van der Waals surface area contributed by atoms with Crippen LogP contribution in [0, 0.1) is 0 Å². The first kappa shape index (κ1) is 11.6. The summed E-state index contributed by atoms with van der Waals surface area (Å²) >= 11 is 0. The van der Waals surface area contributed by atoms with Crippen LogP contribution in [-0.2, 0) is 19.3 Å². The van der Waals surface area contributed by atoms with Crippen LogP contribution in [0.25, 0.3) is 0 Å². The molecular weight excluding hydrogens is 172 g/mol. The Balaban J connectivity index is 3.62. The van der Waals surface area contributed by atoms with Gasteiger partial charge in [0.15, 0.2) is 0 Å². The normalized spacial score (nSPS) is 9.69. The van der Waals surface area contributed by atoms with Crippen molar-refractivity contribution in [3.05, 3.63) is 24.7 Å². The van der Waals surface area contributed by atoms with Gasteiger partial charge in [0.05, 0.1) is 6.61 Å². The van der Waals surface area contributed by atoms with Crippen LogP contribution >= 0.6 is 0 Å². The van der Waals surface area contributed by atoms with Crippen molar-refractivity contribution in [2.45, 2.75) is 20.3 Å². The second kappa shape index (κ2) is 7.21. The Morgan fingerprint density at radius 2 is 2.15 bits per heavy atom. The Morgan fingerprint density at radius 1 is 1.46 bits per heavy atom. The van der Waals surface area contributed by atoms with E-state index in [1.165, 1.54) is 6.26 Å². The van der Waals surface area contributed by atoms with Gasteiger partial charge in [0.25, 0.3) is 0 Å². The summed E-state index contributed by atoms with van der Waals surface area (Å²) in [4.78, 5) is 19.6. The summed E-state index contributed by atoms with van der Waals surface area (Å²) < 4.78 is 4.79. The Labute approximate surface area is 77.7 Å². The summed E-state index contributed by atoms with van der Waals surface area (Å²) in [6.07, 6.45) is 3.80. The number of carbonyl (C=O) groups excluding carboxylic acids is 1. The summed E-state index contributed by atoms with van der Waals surface area (Å²) in [5.41, 5.74) is 0. The van der Waals surface area contributed by atoms with Gasteiger partial charge < -0.3 is 4.74 Å². The fourth-order valence-corrected chi connectivity index (χ4v) is 0.487. The van der Waals surface area contributed by atoms with E-state index in [0.717, 1.165) is 6.42 Å². The molecule has 0 aromatic carbocycles. The zero-order chi connectivity index (χ0) is 10.1. The number of carbonyl (C=O) groups is 1. The molecule has 0 spiro atoms. The Bertz CT molecular complexity index is 196. The third-order valence-corrected chi connectivity index (χ3v) is 1.06. The highest BCUT2D eigenvalue weighted by molar-refractivity contribution is 5.84. The molecule has 0 radical (unpaired) electrons. The minimum absolute atomic E-state index is 0.0626. The van der Waals surface area contributed by atoms with Gasteiger partial charge in [-0.25, -0.2) is 9.68 Å². The first-order chi connectivity index (χ1) is 6.22. The van der Waals surface area contributed by atoms with Crippen LogP contribution in [0.3, 0.4) is 0 Å². The zero-order valence-electron chi connectivity index (χ0n) is 7.91. The molecular formula is C9H14O4. The van der Waals surface area contributed by atoms with Crippen molar-refractivity contribution < 1.29 is 19.3 Å². The molecule has 0 heterocycles. The number of ether oxygens (including phenoxy) is 1. The monoisotopic (exact) mass is 186 g/mol. The highest BCUT2D eigenvalue weighted by atomic mass is 17.2. The van der Waals surface area contributed by atoms with Gasteiger partial charge in [-0.1, -0.05) is 6.92 Å². The van der Waals surface area contributed by atoms with Crippen molar-refractivity contribution in [1.82, 2.24) is 0 Å². The second-order valence-corrected chi connectivity index (χ2v) is 2.10. The maximum absolute atomic E-state index is 10.9. The molecule has 0 N–H and O–H groups in total. The van der Waals surface area contributed by atoms with Crippen LogP contribution < -0.4 is 0 Å². The van der Waals surface area contributed by atoms with E-state index >= 15 is 0 Å². The van der Waals surface area contributed by atoms with Crippen LogP contribution in [0.5, 0.6) is 0 Å². The summed E-state index contributed by atoms with van der Waals surface area (Å²) in [5.74, 6) is -0.782. The molecule has 0 aliphatic heterocycles. The minimum atomic E-state index is -0.720. The second-order valence-electron chi connectivity index (χ2n) is 2.10. The summed E-state index contributed by atoms with van der Waals surface area (Å²) in [6, 6.07) is 0. The molecule has 0 rings (SSSR count). The van der Waals surface area contributed by atoms with Crippen molar-refractivity contribution >= 4 is 5.97 Å². The van der Waals surface area contributed by atoms with Crippen molar-refractivity contribution in [2.24, 2.45) is 0 Å². The fraction of sp³-hybridized carbons (Fsp3) is 0.444. The topological polar surface area (TPSA) is 44.8 Å². The molecule has 0 saturated heterocycles. The molecule has 74 valence electrons. The summed E-state index contributed by atoms with van der Waals surface area (Å²) in [6.45, 7) is 7.39. The van der Waals surface area contributed by atoms with Gasteiger partial charge in [-0.2, -0.15) is 0 Å². The van der Waals surface area contributed by atoms with E-state index in [2.05, 4.69) is 16.4 Å². The lowest BCUT2D eigenvalue weighted by Gasteiger charge is -2.03. The van der Waals surface area contributed by atoms with E-state index in [1.807, 2.05) is 6.92 Å². The lowest BCUT2D eigenvalue weighted by atomic mass is 10.5. The molecule has 4 heteroatoms. The van der Waals surface area contributed by atoms with Gasteiger partial charge in [0.1, 0.15) is 6.26 Å². The average molecular weight is 186 g/mol. The van der Waals surface area contributed by atoms with Crippen molar-refractivity contribution in [1.29, 1.82) is 0 Å². The van der Waals surface area contributed by atoms with E-state index in [1.54, 1.807) is 13.0 Å². The number of hydrogen-bond acceptors (Lipinski definition) is 4. The molecule has 0 fully saturated rings. The minimum Gasteiger partial charge on any atom is -0.487 e. The van der Waals surface area contributed by atoms with Crippen LogP contribution in [0.1, 0.15) is 20.3 Å². The molecule has 0 aromatic rings. The standard InChI is InChI=1S/C9H14O4/c1-4-6-7-12-13-9(10)8(3)11-5-2/h6-7H,3-5H2,1-2H3. The smallest absolute Gasteiger partial charge is 0.419 e. The third kappa shape index (κ3) is 5.78. The first-order valence-corrected chi connectivity index (χ1v) is 4.06. The van der Waals surface area contributed by atoms with E-state index in [-0.39, 0.29) is 5.76 Å². The lowest BCUT2D eigenvalue weighted by molar-refractivity contribution is -0.237. The molecule has 0 amide bonds. The van der Waals surface area contributed by atoms with Crippen molar-refractivity contribution in [2.75, 3.05) is 6.61 Å². The van der Waals surface area contributed by atoms with Gasteiger partial charge in [-0.05, 0) is 26.0 Å². The molecule has 0 aromatic heterocycles. The largest absolute Gasteiger partial charge is 0.487 e. The maximum Gasteiger partial charge on any atom is 0.419 e. The van der Waals surface area contributed by atoms with Crippen molar-refractivity contribution in [3.8, 4) is 0 Å². The maximum atomic E-state index is 10.9. The van der Waals surface area contributed by atoms with Crippen LogP contribution in [0.4, 0.5) is 0 Å². The Morgan fingerprint density at radius 3 is 2.69 bits per heavy atom. The number of allylic oxidation sites excluding steroid dienone is 1. The van der Waals surface area contributed by atoms with Gasteiger partial charge in [0, 0.05) is 0 Å². The Hall–Kier alpha value is -1.45. The van der Waals surface area contributed by atoms with Crippen LogP contribution in [0.15, 0.2) is 24.7 Å². The van der Waals surface area contributed by atoms with Crippen LogP contribution in [-0.4, -0.2) is 12.6 Å². The molecule has 0 unspecified atom stereocenters. The first-order valence-electron chi connectivity index (χ1n) is 4.06. The third-order valence-electron chi connectivity index (χ3n) is 1.06. The molecule has 13 heavy (non-hydrogen) atoms. The number of rotatable bonds is 6. The van der Waals surface area contributed by atoms with Gasteiger partial charge in [0.2, 0.25) is 5.76 Å². The highest BCUT2D eigenvalue weighted by Gasteiger charge is 2.09. The van der Waals surface area contributed by atoms with Gasteiger partial charge in [-0.3, -0.25) is 4.89 Å². The summed E-state index contributed by atoms with van der Waals surface area (Å²) in [7, 11) is 0. The number of hydrogen-bond donors (Lipinski definition) is 0. The SMILES string of the molecule is C=C(OCC)C(=O)OOC=CCC. The predicted octanol–water partition coefficient (Wildman–Crippen LogP) is 1.94. The quantitative estimate of drug-likeness (QED) is 0.275. The molecule has 4 nitrogen and oxygen atoms in total. The molecule has 0 aliphatic rings. The van der Waals surface area contributed by atoms with E-state index in [9.17, 15) is 4.79 Å². The van der Waals surface area contributed by atoms with E-state index in [4.69, 9.17) is 4.74 Å². The van der Waals surface area contributed by atoms with E-state index < -0.39 is 5.97 Å². The predicted molar refractivity (Wildman–Crippen MR) is 47.4 cm³/mol. The Kier molecular flexibility index (Phi) is 6.41. The molecule has 0 atom stereocenters. The van der Waals surface area contributed by atoms with E-state index in [0.29, 0.717) is 6.61 Å². The molecule has 0 bridgehead atoms.